The number of thiol groups is 1. The van der Waals surface area contributed by atoms with E-state index in [-0.39, 0.29) is 29.1 Å². The number of aliphatic hydroxyl groups excluding tert-OH is 1. The summed E-state index contributed by atoms with van der Waals surface area (Å²) in [4.78, 5) is 56.8. The standard InChI is InChI=1S/C31H34N4O4S.C21H24ClFN2O3S.CH4O/c1-3-5-27(30(38)32-19-37)34(2)26-10-9-23(24-7-4-6-22(17-36)29(24)26)21-12-14-35(15-13-21)31-33-25-16-20(18-40)8-11-28(25)39-31;1-4-16-19(28-11-17(26)27)18(22)20(29-16)12-5-6-14(23)15(9-12)25-13-7-8-24-21(2,3)10-13;1-2/h4,6-11,16-17,19,21,27,40H,3,5,12-15,18H2,1-2H3,(H,32,37,38);4-6,9,13,24-25H,1,7-8,10-11H2,2-3H3,(H,26,27);2H,1H3. The molecule has 378 valence electrons. The smallest absolute Gasteiger partial charge is 0.341 e. The van der Waals surface area contributed by atoms with Gasteiger partial charge in [0.05, 0.1) is 15.4 Å². The molecule has 2 unspecified atom stereocenters. The van der Waals surface area contributed by atoms with Gasteiger partial charge in [0.15, 0.2) is 24.2 Å². The second-order valence-corrected chi connectivity index (χ2v) is 19.7. The summed E-state index contributed by atoms with van der Waals surface area (Å²) in [5.41, 5.74) is 6.44. The number of carboxylic acid groups (broad SMARTS) is 1. The first-order chi connectivity index (χ1) is 34.2. The molecule has 2 amide bonds. The number of halogens is 2. The lowest BCUT2D eigenvalue weighted by atomic mass is 9.85. The number of anilines is 3. The number of carbonyl (C=O) groups excluding carboxylic acids is 3. The highest BCUT2D eigenvalue weighted by Crippen LogP contribution is 2.47. The third kappa shape index (κ3) is 12.9. The van der Waals surface area contributed by atoms with E-state index in [2.05, 4.69) is 66.0 Å². The van der Waals surface area contributed by atoms with Crippen molar-refractivity contribution in [1.29, 1.82) is 0 Å². The summed E-state index contributed by atoms with van der Waals surface area (Å²) >= 11 is 12.2. The number of oxazole rings is 1. The number of nitrogens with zero attached hydrogens (tertiary/aromatic N) is 3. The average molecular weight is 1030 g/mol. The Labute approximate surface area is 428 Å². The highest BCUT2D eigenvalue weighted by atomic mass is 35.5. The van der Waals surface area contributed by atoms with Gasteiger partial charge in [0.25, 0.3) is 6.01 Å². The Balaban J connectivity index is 0.000000236. The number of amides is 2. The number of rotatable bonds is 17. The Morgan fingerprint density at radius 1 is 1.13 bits per heavy atom. The normalized spacial score (nSPS) is 15.9. The number of aldehydes is 1. The van der Waals surface area contributed by atoms with Gasteiger partial charge in [-0.25, -0.2) is 9.18 Å². The molecule has 14 nitrogen and oxygen atoms in total. The molecule has 0 aliphatic carbocycles. The molecule has 2 aliphatic rings. The molecule has 2 fully saturated rings. The SMILES string of the molecule is C=Cc1sc(-c2ccc(F)c(NC3CCNC(C)(C)C3)c2)c(Cl)c1OCC(=O)O.CCCC(C(=O)NC=O)N(C)c1ccc(C2CCN(c3nc4cc(CS)ccc4o3)CC2)c2cccc(C=O)c12.CO. The maximum Gasteiger partial charge on any atom is 0.341 e. The number of carbonyl (C=O) groups is 4. The number of ether oxygens (including phenoxy) is 1. The maximum absolute atomic E-state index is 14.5. The number of carboxylic acids is 1. The van der Waals surface area contributed by atoms with Crippen LogP contribution in [0.2, 0.25) is 5.02 Å². The Morgan fingerprint density at radius 3 is 2.55 bits per heavy atom. The van der Waals surface area contributed by atoms with Gasteiger partial charge in [0.1, 0.15) is 22.4 Å². The average Bonchev–Trinajstić information content (AvgIpc) is 3.95. The van der Waals surface area contributed by atoms with E-state index in [1.54, 1.807) is 18.2 Å². The highest BCUT2D eigenvalue weighted by molar-refractivity contribution is 7.79. The first-order valence-corrected chi connectivity index (χ1v) is 25.3. The minimum atomic E-state index is -1.10. The van der Waals surface area contributed by atoms with Gasteiger partial charge in [-0.05, 0) is 117 Å². The number of aromatic nitrogens is 1. The zero-order valence-corrected chi connectivity index (χ0v) is 43.1. The molecule has 2 atom stereocenters. The number of benzene rings is 4. The Bertz CT molecular complexity index is 2850. The molecule has 4 heterocycles. The van der Waals surface area contributed by atoms with Crippen LogP contribution in [0.1, 0.15) is 91.6 Å². The van der Waals surface area contributed by atoms with Gasteiger partial charge < -0.3 is 39.8 Å². The van der Waals surface area contributed by atoms with Crippen LogP contribution in [0.4, 0.5) is 21.8 Å². The van der Waals surface area contributed by atoms with Gasteiger partial charge >= 0.3 is 5.97 Å². The molecule has 0 spiro atoms. The summed E-state index contributed by atoms with van der Waals surface area (Å²) in [6, 6.07) is 21.0. The summed E-state index contributed by atoms with van der Waals surface area (Å²) in [6.45, 7) is 12.0. The molecule has 0 bridgehead atoms. The van der Waals surface area contributed by atoms with Gasteiger partial charge in [0.2, 0.25) is 12.3 Å². The number of likely N-dealkylation sites (N-methyl/N-ethyl adjacent to an activating group) is 1. The second kappa shape index (κ2) is 24.9. The van der Waals surface area contributed by atoms with Crippen molar-refractivity contribution in [2.75, 3.05) is 55.5 Å². The number of nitrogens with one attached hydrogen (secondary N) is 3. The van der Waals surface area contributed by atoms with Crippen LogP contribution in [-0.4, -0.2) is 97.8 Å². The first kappa shape index (κ1) is 54.4. The summed E-state index contributed by atoms with van der Waals surface area (Å²) in [7, 11) is 2.85. The zero-order valence-electron chi connectivity index (χ0n) is 40.6. The van der Waals surface area contributed by atoms with Crippen molar-refractivity contribution in [3.8, 4) is 16.2 Å². The van der Waals surface area contributed by atoms with Crippen LogP contribution in [0.15, 0.2) is 77.7 Å². The van der Waals surface area contributed by atoms with Crippen molar-refractivity contribution in [3.63, 3.8) is 0 Å². The van der Waals surface area contributed by atoms with E-state index >= 15 is 0 Å². The Kier molecular flexibility index (Phi) is 19.1. The first-order valence-electron chi connectivity index (χ1n) is 23.5. The molecule has 4 aromatic carbocycles. The van der Waals surface area contributed by atoms with Crippen molar-refractivity contribution in [1.82, 2.24) is 15.6 Å². The van der Waals surface area contributed by atoms with Crippen molar-refractivity contribution < 1.29 is 42.9 Å². The molecule has 2 aliphatic heterocycles. The molecule has 71 heavy (non-hydrogen) atoms. The van der Waals surface area contributed by atoms with Crippen molar-refractivity contribution in [3.05, 3.63) is 106 Å². The van der Waals surface area contributed by atoms with E-state index in [4.69, 9.17) is 36.0 Å². The number of thiophene rings is 1. The van der Waals surface area contributed by atoms with Crippen LogP contribution in [0.3, 0.4) is 0 Å². The van der Waals surface area contributed by atoms with Gasteiger partial charge in [-0.3, -0.25) is 19.7 Å². The number of aliphatic hydroxyl groups is 1. The minimum absolute atomic E-state index is 0.00366. The molecular formula is C53H62ClFN6O8S2. The van der Waals surface area contributed by atoms with E-state index in [9.17, 15) is 23.6 Å². The topological polar surface area (TPSA) is 187 Å². The highest BCUT2D eigenvalue weighted by Gasteiger charge is 2.30. The van der Waals surface area contributed by atoms with Gasteiger partial charge in [-0.2, -0.15) is 17.6 Å². The second-order valence-electron chi connectivity index (χ2n) is 18.0. The molecule has 2 aromatic heterocycles. The third-order valence-corrected chi connectivity index (χ3v) is 14.8. The van der Waals surface area contributed by atoms with Crippen LogP contribution < -0.4 is 30.5 Å². The number of hydrogen-bond acceptors (Lipinski definition) is 14. The predicted molar refractivity (Wildman–Crippen MR) is 286 cm³/mol. The molecule has 0 saturated carbocycles. The van der Waals surface area contributed by atoms with Crippen molar-refractivity contribution >= 4 is 105 Å². The van der Waals surface area contributed by atoms with E-state index in [1.807, 2.05) is 55.3 Å². The van der Waals surface area contributed by atoms with Gasteiger partial charge in [0, 0.05) is 61.2 Å². The molecule has 2 saturated heterocycles. The fourth-order valence-corrected chi connectivity index (χ4v) is 11.0. The number of hydrogen-bond donors (Lipinski definition) is 6. The lowest BCUT2D eigenvalue weighted by Crippen LogP contribution is -2.50. The number of imide groups is 1. The summed E-state index contributed by atoms with van der Waals surface area (Å²) in [5, 5.41) is 27.1. The molecule has 8 rings (SSSR count). The number of piperidine rings is 2. The van der Waals surface area contributed by atoms with E-state index in [1.165, 1.54) is 23.0 Å². The number of fused-ring (bicyclic) bond motifs is 2. The third-order valence-electron chi connectivity index (χ3n) is 12.8. The minimum Gasteiger partial charge on any atom is -0.479 e. The van der Waals surface area contributed by atoms with Crippen LogP contribution in [0.5, 0.6) is 5.75 Å². The molecule has 6 aromatic rings. The van der Waals surface area contributed by atoms with Crippen molar-refractivity contribution in [2.45, 2.75) is 88.6 Å². The van der Waals surface area contributed by atoms with Crippen LogP contribution in [0.25, 0.3) is 38.4 Å². The van der Waals surface area contributed by atoms with E-state index in [0.717, 1.165) is 104 Å². The van der Waals surface area contributed by atoms with E-state index < -0.39 is 18.6 Å². The maximum atomic E-state index is 14.5. The van der Waals surface area contributed by atoms with Gasteiger partial charge in [-0.1, -0.05) is 67.9 Å². The van der Waals surface area contributed by atoms with Crippen LogP contribution in [0, 0.1) is 5.82 Å². The fraction of sp³-hybridized carbons (Fsp3) is 0.377. The van der Waals surface area contributed by atoms with Crippen LogP contribution >= 0.6 is 35.6 Å². The lowest BCUT2D eigenvalue weighted by Gasteiger charge is -2.37. The Morgan fingerprint density at radius 2 is 1.89 bits per heavy atom. The Hall–Kier alpha value is -5.98. The fourth-order valence-electron chi connectivity index (χ4n) is 9.36. The predicted octanol–water partition coefficient (Wildman–Crippen LogP) is 10.3. The summed E-state index contributed by atoms with van der Waals surface area (Å²) in [6.07, 6.45) is 7.82. The molecular weight excluding hydrogens is 967 g/mol. The lowest BCUT2D eigenvalue weighted by molar-refractivity contribution is -0.139. The van der Waals surface area contributed by atoms with E-state index in [0.29, 0.717) is 56.5 Å². The van der Waals surface area contributed by atoms with Gasteiger partial charge in [-0.15, -0.1) is 11.3 Å². The molecule has 0 radical (unpaired) electrons. The summed E-state index contributed by atoms with van der Waals surface area (Å²) < 4.78 is 25.9. The molecule has 18 heteroatoms. The monoisotopic (exact) mass is 1030 g/mol. The van der Waals surface area contributed by atoms with Crippen molar-refractivity contribution in [2.24, 2.45) is 0 Å². The quantitative estimate of drug-likeness (QED) is 0.0375. The zero-order chi connectivity index (χ0) is 51.4. The number of aliphatic carboxylic acids is 1. The largest absolute Gasteiger partial charge is 0.479 e. The molecule has 5 N–H and O–H groups in total. The van der Waals surface area contributed by atoms with Crippen LogP contribution in [-0.2, 0) is 20.1 Å². The summed E-state index contributed by atoms with van der Waals surface area (Å²) in [5.74, 6) is -0.545.